The van der Waals surface area contributed by atoms with Gasteiger partial charge in [-0.15, -0.1) is 22.7 Å². The summed E-state index contributed by atoms with van der Waals surface area (Å²) in [5.74, 6) is -0.500. The fourth-order valence-electron chi connectivity index (χ4n) is 3.27. The van der Waals surface area contributed by atoms with Gasteiger partial charge in [0.2, 0.25) is 5.91 Å². The Morgan fingerprint density at radius 1 is 1.36 bits per heavy atom. The highest BCUT2D eigenvalue weighted by Gasteiger charge is 2.28. The second kappa shape index (κ2) is 5.82. The van der Waals surface area contributed by atoms with Crippen LogP contribution in [0.15, 0.2) is 17.5 Å². The van der Waals surface area contributed by atoms with Crippen LogP contribution in [0.4, 0.5) is 5.69 Å². The lowest BCUT2D eigenvalue weighted by molar-refractivity contribution is -0.129. The molecule has 0 bridgehead atoms. The molecule has 4 N–H and O–H groups in total. The topological polar surface area (TPSA) is 102 Å². The Labute approximate surface area is 152 Å². The molecule has 25 heavy (non-hydrogen) atoms. The first-order valence-corrected chi connectivity index (χ1v) is 9.50. The summed E-state index contributed by atoms with van der Waals surface area (Å²) in [5.41, 5.74) is 15.1. The van der Waals surface area contributed by atoms with E-state index in [-0.39, 0.29) is 5.91 Å². The van der Waals surface area contributed by atoms with Gasteiger partial charge >= 0.3 is 0 Å². The quantitative estimate of drug-likeness (QED) is 0.722. The van der Waals surface area contributed by atoms with Gasteiger partial charge in [0.25, 0.3) is 5.91 Å². The molecule has 0 radical (unpaired) electrons. The molecule has 6 nitrogen and oxygen atoms in total. The Bertz CT molecular complexity index is 1010. The van der Waals surface area contributed by atoms with E-state index >= 15 is 0 Å². The van der Waals surface area contributed by atoms with Gasteiger partial charge < -0.3 is 16.4 Å². The smallest absolute Gasteiger partial charge is 0.260 e. The highest BCUT2D eigenvalue weighted by Crippen LogP contribution is 2.44. The van der Waals surface area contributed by atoms with E-state index in [1.165, 1.54) is 11.3 Å². The molecule has 2 amide bonds. The van der Waals surface area contributed by atoms with Gasteiger partial charge in [-0.05, 0) is 11.4 Å². The number of aromatic nitrogens is 1. The highest BCUT2D eigenvalue weighted by atomic mass is 32.1. The first-order valence-electron chi connectivity index (χ1n) is 7.80. The number of carbonyl (C=O) groups is 2. The second-order valence-electron chi connectivity index (χ2n) is 5.97. The maximum absolute atomic E-state index is 11.9. The number of nitrogen functional groups attached to an aromatic ring is 1. The molecule has 0 fully saturated rings. The molecule has 0 aromatic carbocycles. The summed E-state index contributed by atoms with van der Waals surface area (Å²) in [4.78, 5) is 32.2. The highest BCUT2D eigenvalue weighted by molar-refractivity contribution is 7.21. The lowest BCUT2D eigenvalue weighted by Crippen LogP contribution is -2.35. The van der Waals surface area contributed by atoms with E-state index < -0.39 is 5.91 Å². The minimum Gasteiger partial charge on any atom is -0.397 e. The van der Waals surface area contributed by atoms with Gasteiger partial charge in [-0.2, -0.15) is 0 Å². The summed E-state index contributed by atoms with van der Waals surface area (Å²) < 4.78 is 0. The van der Waals surface area contributed by atoms with Crippen molar-refractivity contribution < 1.29 is 9.59 Å². The number of thiophene rings is 2. The number of nitrogens with zero attached hydrogens (tertiary/aromatic N) is 2. The van der Waals surface area contributed by atoms with Crippen LogP contribution in [0.3, 0.4) is 0 Å². The number of rotatable bonds is 2. The molecular weight excluding hydrogens is 356 g/mol. The maximum atomic E-state index is 11.9. The predicted octanol–water partition coefficient (Wildman–Crippen LogP) is 2.61. The van der Waals surface area contributed by atoms with Crippen LogP contribution in [0, 0.1) is 0 Å². The Morgan fingerprint density at radius 3 is 2.80 bits per heavy atom. The van der Waals surface area contributed by atoms with Crippen LogP contribution in [0.5, 0.6) is 0 Å². The summed E-state index contributed by atoms with van der Waals surface area (Å²) in [6, 6.07) is 4.00. The number of fused-ring (bicyclic) bond motifs is 2. The molecule has 0 atom stereocenters. The Kier molecular flexibility index (Phi) is 3.73. The Hall–Kier alpha value is -2.45. The average molecular weight is 372 g/mol. The number of nitrogens with two attached hydrogens (primary N) is 2. The van der Waals surface area contributed by atoms with Gasteiger partial charge in [0.1, 0.15) is 9.71 Å². The van der Waals surface area contributed by atoms with Crippen LogP contribution in [0.25, 0.3) is 20.7 Å². The zero-order chi connectivity index (χ0) is 17.7. The summed E-state index contributed by atoms with van der Waals surface area (Å²) in [5, 5.41) is 2.77. The van der Waals surface area contributed by atoms with Crippen molar-refractivity contribution in [3.63, 3.8) is 0 Å². The Balaban J connectivity index is 2.06. The number of anilines is 1. The monoisotopic (exact) mass is 372 g/mol. The number of pyridine rings is 1. The van der Waals surface area contributed by atoms with E-state index in [1.807, 2.05) is 22.4 Å². The molecule has 1 aliphatic heterocycles. The van der Waals surface area contributed by atoms with Crippen molar-refractivity contribution in [1.29, 1.82) is 0 Å². The molecule has 0 unspecified atom stereocenters. The standard InChI is InChI=1S/C17H16N4O2S2/c1-8(22)21-5-4-10-9(7-21)12(11-3-2-6-24-11)13-14(18)15(16(19)23)25-17(13)20-10/h2-3,6H,4-5,7,18H2,1H3,(H2,19,23). The van der Waals surface area contributed by atoms with Gasteiger partial charge in [0, 0.05) is 53.5 Å². The van der Waals surface area contributed by atoms with Crippen molar-refractivity contribution in [1.82, 2.24) is 9.88 Å². The minimum atomic E-state index is -0.541. The zero-order valence-corrected chi connectivity index (χ0v) is 15.2. The number of amides is 2. The van der Waals surface area contributed by atoms with Crippen LogP contribution >= 0.6 is 22.7 Å². The summed E-state index contributed by atoms with van der Waals surface area (Å²) in [6.07, 6.45) is 0.687. The third-order valence-corrected chi connectivity index (χ3v) is 6.47. The van der Waals surface area contributed by atoms with E-state index in [0.29, 0.717) is 30.1 Å². The molecule has 0 saturated carbocycles. The van der Waals surface area contributed by atoms with Crippen LogP contribution in [0.2, 0.25) is 0 Å². The first-order chi connectivity index (χ1) is 12.0. The molecule has 3 aromatic heterocycles. The molecule has 0 spiro atoms. The number of hydrogen-bond donors (Lipinski definition) is 2. The molecule has 0 aliphatic carbocycles. The summed E-state index contributed by atoms with van der Waals surface area (Å²) in [6.45, 7) is 2.72. The molecule has 4 rings (SSSR count). The normalized spacial score (nSPS) is 13.9. The minimum absolute atomic E-state index is 0.0407. The van der Waals surface area contributed by atoms with Gasteiger partial charge in [-0.1, -0.05) is 6.07 Å². The lowest BCUT2D eigenvalue weighted by Gasteiger charge is -2.29. The summed E-state index contributed by atoms with van der Waals surface area (Å²) >= 11 is 2.84. The van der Waals surface area contributed by atoms with Gasteiger partial charge in [0.05, 0.1) is 5.69 Å². The number of primary amides is 1. The van der Waals surface area contributed by atoms with Gasteiger partial charge in [-0.3, -0.25) is 9.59 Å². The lowest BCUT2D eigenvalue weighted by atomic mass is 9.96. The fourth-order valence-corrected chi connectivity index (χ4v) is 5.05. The molecule has 3 aromatic rings. The number of carbonyl (C=O) groups excluding carboxylic acids is 2. The Morgan fingerprint density at radius 2 is 2.16 bits per heavy atom. The molecule has 1 aliphatic rings. The van der Waals surface area contributed by atoms with Crippen LogP contribution < -0.4 is 11.5 Å². The van der Waals surface area contributed by atoms with E-state index in [4.69, 9.17) is 16.5 Å². The van der Waals surface area contributed by atoms with Crippen molar-refractivity contribution in [2.24, 2.45) is 5.73 Å². The molecule has 8 heteroatoms. The zero-order valence-electron chi connectivity index (χ0n) is 13.5. The van der Waals surface area contributed by atoms with E-state index in [0.717, 1.165) is 31.9 Å². The molecule has 128 valence electrons. The molecule has 4 heterocycles. The predicted molar refractivity (Wildman–Crippen MR) is 101 cm³/mol. The second-order valence-corrected chi connectivity index (χ2v) is 7.92. The van der Waals surface area contributed by atoms with Crippen LogP contribution in [-0.2, 0) is 17.8 Å². The third-order valence-electron chi connectivity index (χ3n) is 4.47. The molecule has 0 saturated heterocycles. The van der Waals surface area contributed by atoms with Crippen molar-refractivity contribution >= 4 is 50.4 Å². The van der Waals surface area contributed by atoms with Crippen molar-refractivity contribution in [3.8, 4) is 10.4 Å². The van der Waals surface area contributed by atoms with Crippen molar-refractivity contribution in [3.05, 3.63) is 33.6 Å². The average Bonchev–Trinajstić information content (AvgIpc) is 3.21. The van der Waals surface area contributed by atoms with Crippen molar-refractivity contribution in [2.45, 2.75) is 19.9 Å². The van der Waals surface area contributed by atoms with Crippen LogP contribution in [0.1, 0.15) is 27.9 Å². The fraction of sp³-hybridized carbons (Fsp3) is 0.235. The third kappa shape index (κ3) is 2.49. The van der Waals surface area contributed by atoms with Crippen molar-refractivity contribution in [2.75, 3.05) is 12.3 Å². The molecular formula is C17H16N4O2S2. The van der Waals surface area contributed by atoms with Gasteiger partial charge in [-0.25, -0.2) is 4.98 Å². The van der Waals surface area contributed by atoms with E-state index in [1.54, 1.807) is 18.3 Å². The largest absolute Gasteiger partial charge is 0.397 e. The van der Waals surface area contributed by atoms with Gasteiger partial charge in [0.15, 0.2) is 0 Å². The van der Waals surface area contributed by atoms with E-state index in [9.17, 15) is 9.59 Å². The first kappa shape index (κ1) is 16.0. The maximum Gasteiger partial charge on any atom is 0.260 e. The number of hydrogen-bond acceptors (Lipinski definition) is 6. The SMILES string of the molecule is CC(=O)N1CCc2nc3sc(C(N)=O)c(N)c3c(-c3cccs3)c2C1. The van der Waals surface area contributed by atoms with Crippen LogP contribution in [-0.4, -0.2) is 28.2 Å². The van der Waals surface area contributed by atoms with E-state index in [2.05, 4.69) is 0 Å². The summed E-state index contributed by atoms with van der Waals surface area (Å²) in [7, 11) is 0.